The van der Waals surface area contributed by atoms with Gasteiger partial charge in [-0.2, -0.15) is 0 Å². The number of benzene rings is 1. The summed E-state index contributed by atoms with van der Waals surface area (Å²) >= 11 is 0. The molecule has 1 aromatic rings. The van der Waals surface area contributed by atoms with Crippen LogP contribution in [0.15, 0.2) is 24.3 Å². The van der Waals surface area contributed by atoms with Crippen LogP contribution in [0.2, 0.25) is 0 Å². The van der Waals surface area contributed by atoms with Gasteiger partial charge in [0.1, 0.15) is 12.4 Å². The lowest BCUT2D eigenvalue weighted by molar-refractivity contribution is -0.216. The Hall–Kier alpha value is -0.900. The van der Waals surface area contributed by atoms with Crippen LogP contribution in [0.3, 0.4) is 0 Å². The second kappa shape index (κ2) is 4.95. The van der Waals surface area contributed by atoms with E-state index in [4.69, 9.17) is 14.2 Å². The van der Waals surface area contributed by atoms with Gasteiger partial charge < -0.3 is 14.2 Å². The van der Waals surface area contributed by atoms with Crippen LogP contribution in [0.25, 0.3) is 0 Å². The third-order valence-electron chi connectivity index (χ3n) is 2.82. The first-order valence-corrected chi connectivity index (χ1v) is 5.54. The lowest BCUT2D eigenvalue weighted by atomic mass is 10.1. The summed E-state index contributed by atoms with van der Waals surface area (Å²) in [6, 6.07) is 8.24. The maximum atomic E-state index is 5.89. The van der Waals surface area contributed by atoms with Gasteiger partial charge in [-0.05, 0) is 25.0 Å². The van der Waals surface area contributed by atoms with E-state index in [1.54, 1.807) is 0 Å². The zero-order valence-corrected chi connectivity index (χ0v) is 9.86. The van der Waals surface area contributed by atoms with Crippen LogP contribution >= 0.6 is 0 Å². The molecule has 1 heterocycles. The molecule has 0 aliphatic carbocycles. The van der Waals surface area contributed by atoms with E-state index in [-0.39, 0.29) is 5.60 Å². The van der Waals surface area contributed by atoms with Crippen LogP contribution in [0, 0.1) is 6.92 Å². The van der Waals surface area contributed by atoms with Crippen LogP contribution in [-0.2, 0) is 20.8 Å². The van der Waals surface area contributed by atoms with Gasteiger partial charge in [0.15, 0.2) is 0 Å². The van der Waals surface area contributed by atoms with Crippen molar-refractivity contribution in [2.45, 2.75) is 26.1 Å². The molecule has 2 rings (SSSR count). The summed E-state index contributed by atoms with van der Waals surface area (Å²) in [6.07, 6.45) is 0. The summed E-state index contributed by atoms with van der Waals surface area (Å²) in [4.78, 5) is 0. The van der Waals surface area contributed by atoms with Crippen molar-refractivity contribution in [1.29, 1.82) is 0 Å². The molecule has 0 spiro atoms. The Morgan fingerprint density at radius 3 is 2.62 bits per heavy atom. The van der Waals surface area contributed by atoms with E-state index in [0.29, 0.717) is 26.6 Å². The van der Waals surface area contributed by atoms with Crippen molar-refractivity contribution in [3.8, 4) is 0 Å². The van der Waals surface area contributed by atoms with Gasteiger partial charge in [-0.15, -0.1) is 0 Å². The molecule has 0 aromatic heterocycles. The lowest BCUT2D eigenvalue weighted by Gasteiger charge is -2.33. The second-order valence-electron chi connectivity index (χ2n) is 4.48. The fourth-order valence-corrected chi connectivity index (χ4v) is 1.72. The highest BCUT2D eigenvalue weighted by atomic mass is 16.7. The Labute approximate surface area is 96.3 Å². The van der Waals surface area contributed by atoms with E-state index >= 15 is 0 Å². The van der Waals surface area contributed by atoms with Crippen molar-refractivity contribution in [3.05, 3.63) is 35.4 Å². The fraction of sp³-hybridized carbons (Fsp3) is 0.538. The highest BCUT2D eigenvalue weighted by Gasteiger charge is 2.29. The molecule has 1 fully saturated rings. The van der Waals surface area contributed by atoms with Gasteiger partial charge >= 0.3 is 0 Å². The van der Waals surface area contributed by atoms with Crippen molar-refractivity contribution in [2.24, 2.45) is 0 Å². The summed E-state index contributed by atoms with van der Waals surface area (Å²) in [5, 5.41) is 0. The number of ether oxygens (including phenoxy) is 3. The first-order chi connectivity index (χ1) is 7.70. The Bertz CT molecular complexity index is 343. The molecular formula is C13H18O3. The minimum absolute atomic E-state index is 0.319. The fourth-order valence-electron chi connectivity index (χ4n) is 1.72. The molecule has 0 N–H and O–H groups in total. The summed E-state index contributed by atoms with van der Waals surface area (Å²) in [5.41, 5.74) is 2.15. The molecule has 1 aliphatic rings. The molecule has 88 valence electrons. The Morgan fingerprint density at radius 1 is 1.25 bits per heavy atom. The molecule has 0 atom stereocenters. The minimum atomic E-state index is -0.319. The van der Waals surface area contributed by atoms with Gasteiger partial charge in [-0.3, -0.25) is 0 Å². The first-order valence-electron chi connectivity index (χ1n) is 5.54. The maximum absolute atomic E-state index is 5.89. The molecular weight excluding hydrogens is 204 g/mol. The average molecular weight is 222 g/mol. The highest BCUT2D eigenvalue weighted by Crippen LogP contribution is 2.19. The molecule has 16 heavy (non-hydrogen) atoms. The van der Waals surface area contributed by atoms with Crippen LogP contribution in [0.4, 0.5) is 0 Å². The van der Waals surface area contributed by atoms with Gasteiger partial charge in [0.25, 0.3) is 0 Å². The van der Waals surface area contributed by atoms with Gasteiger partial charge in [0.05, 0.1) is 19.8 Å². The third-order valence-corrected chi connectivity index (χ3v) is 2.82. The van der Waals surface area contributed by atoms with Crippen molar-refractivity contribution in [2.75, 3.05) is 20.0 Å². The number of aryl methyl sites for hydroxylation is 1. The summed E-state index contributed by atoms with van der Waals surface area (Å²) in [7, 11) is 0. The standard InChI is InChI=1S/C13H18O3/c1-11-5-3-4-6-12(11)7-16-13(2)8-14-10-15-9-13/h3-6H,7-10H2,1-2H3. The third kappa shape index (κ3) is 2.82. The van der Waals surface area contributed by atoms with Gasteiger partial charge in [0, 0.05) is 0 Å². The van der Waals surface area contributed by atoms with E-state index < -0.39 is 0 Å². The van der Waals surface area contributed by atoms with Gasteiger partial charge in [-0.1, -0.05) is 24.3 Å². The monoisotopic (exact) mass is 222 g/mol. The number of rotatable bonds is 3. The van der Waals surface area contributed by atoms with E-state index in [9.17, 15) is 0 Å². The van der Waals surface area contributed by atoms with Crippen LogP contribution in [-0.4, -0.2) is 25.6 Å². The molecule has 0 radical (unpaired) electrons. The quantitative estimate of drug-likeness (QED) is 0.785. The summed E-state index contributed by atoms with van der Waals surface area (Å²) in [5.74, 6) is 0. The van der Waals surface area contributed by atoms with Crippen molar-refractivity contribution in [1.82, 2.24) is 0 Å². The van der Waals surface area contributed by atoms with E-state index in [1.165, 1.54) is 11.1 Å². The largest absolute Gasteiger partial charge is 0.366 e. The van der Waals surface area contributed by atoms with E-state index in [2.05, 4.69) is 19.1 Å². The van der Waals surface area contributed by atoms with Gasteiger partial charge in [0.2, 0.25) is 0 Å². The molecule has 1 saturated heterocycles. The predicted octanol–water partition coefficient (Wildman–Crippen LogP) is 2.27. The van der Waals surface area contributed by atoms with Crippen LogP contribution in [0.1, 0.15) is 18.1 Å². The highest BCUT2D eigenvalue weighted by molar-refractivity contribution is 5.24. The van der Waals surface area contributed by atoms with Crippen molar-refractivity contribution >= 4 is 0 Å². The number of hydrogen-bond acceptors (Lipinski definition) is 3. The predicted molar refractivity (Wildman–Crippen MR) is 61.1 cm³/mol. The van der Waals surface area contributed by atoms with Crippen LogP contribution in [0.5, 0.6) is 0 Å². The Morgan fingerprint density at radius 2 is 1.94 bits per heavy atom. The smallest absolute Gasteiger partial charge is 0.147 e. The van der Waals surface area contributed by atoms with E-state index in [0.717, 1.165) is 0 Å². The van der Waals surface area contributed by atoms with Crippen LogP contribution < -0.4 is 0 Å². The molecule has 0 amide bonds. The lowest BCUT2D eigenvalue weighted by Crippen LogP contribution is -2.43. The van der Waals surface area contributed by atoms with E-state index in [1.807, 2.05) is 19.1 Å². The average Bonchev–Trinajstić information content (AvgIpc) is 2.29. The molecule has 1 aromatic carbocycles. The second-order valence-corrected chi connectivity index (χ2v) is 4.48. The normalized spacial score (nSPS) is 19.6. The van der Waals surface area contributed by atoms with Crippen molar-refractivity contribution in [3.63, 3.8) is 0 Å². The Kier molecular flexibility index (Phi) is 3.59. The SMILES string of the molecule is Cc1ccccc1COC1(C)COCOC1. The Balaban J connectivity index is 1.94. The van der Waals surface area contributed by atoms with Crippen molar-refractivity contribution < 1.29 is 14.2 Å². The van der Waals surface area contributed by atoms with Gasteiger partial charge in [-0.25, -0.2) is 0 Å². The molecule has 3 heteroatoms. The minimum Gasteiger partial charge on any atom is -0.366 e. The molecule has 1 aliphatic heterocycles. The topological polar surface area (TPSA) is 27.7 Å². The molecule has 0 saturated carbocycles. The first kappa shape index (κ1) is 11.6. The summed E-state index contributed by atoms with van der Waals surface area (Å²) < 4.78 is 16.4. The molecule has 0 unspecified atom stereocenters. The zero-order chi connectivity index (χ0) is 11.4. The zero-order valence-electron chi connectivity index (χ0n) is 9.86. The maximum Gasteiger partial charge on any atom is 0.147 e. The molecule has 3 nitrogen and oxygen atoms in total. The molecule has 0 bridgehead atoms. The summed E-state index contributed by atoms with van der Waals surface area (Å²) in [6.45, 7) is 6.29. The number of hydrogen-bond donors (Lipinski definition) is 0.